The van der Waals surface area contributed by atoms with Crippen LogP contribution in [0.3, 0.4) is 0 Å². The molecule has 0 heterocycles. The molecule has 0 bridgehead atoms. The minimum Gasteiger partial charge on any atom is -0.358 e. The molecule has 1 N–H and O–H groups in total. The van der Waals surface area contributed by atoms with Gasteiger partial charge >= 0.3 is 0 Å². The molecule has 0 radical (unpaired) electrons. The van der Waals surface area contributed by atoms with E-state index < -0.39 is 11.6 Å². The van der Waals surface area contributed by atoms with Crippen molar-refractivity contribution in [1.29, 1.82) is 0 Å². The van der Waals surface area contributed by atoms with E-state index in [0.29, 0.717) is 5.57 Å². The number of methoxy groups -OCH3 is 3. The smallest absolute Gasteiger partial charge is 0.248 e. The van der Waals surface area contributed by atoms with Gasteiger partial charge in [-0.25, -0.2) is 0 Å². The summed E-state index contributed by atoms with van der Waals surface area (Å²) in [4.78, 5) is 0. The summed E-state index contributed by atoms with van der Waals surface area (Å²) in [7, 11) is 4.35. The molecule has 96 valence electrons. The molecule has 0 aromatic heterocycles. The predicted molar refractivity (Wildman–Crippen MR) is 65.4 cm³/mol. The Hall–Kier alpha value is -0.940. The van der Waals surface area contributed by atoms with Crippen LogP contribution < -0.4 is 0 Å². The van der Waals surface area contributed by atoms with Gasteiger partial charge in [0.2, 0.25) is 11.6 Å². The SMILES string of the molecule is CC=CC1=CC(OC)(OC)C(O)(OC)C(C)=C1. The summed E-state index contributed by atoms with van der Waals surface area (Å²) in [5, 5.41) is 10.5. The fraction of sp³-hybridized carbons (Fsp3) is 0.538. The first-order chi connectivity index (χ1) is 7.99. The van der Waals surface area contributed by atoms with E-state index in [4.69, 9.17) is 14.2 Å². The summed E-state index contributed by atoms with van der Waals surface area (Å²) in [5.74, 6) is -2.96. The lowest BCUT2D eigenvalue weighted by Crippen LogP contribution is -2.59. The minimum absolute atomic E-state index is 0.624. The predicted octanol–water partition coefficient (Wildman–Crippen LogP) is 1.77. The fourth-order valence-electron chi connectivity index (χ4n) is 2.05. The van der Waals surface area contributed by atoms with Crippen LogP contribution in [0.2, 0.25) is 0 Å². The Morgan fingerprint density at radius 2 is 1.76 bits per heavy atom. The maximum absolute atomic E-state index is 10.5. The van der Waals surface area contributed by atoms with E-state index in [-0.39, 0.29) is 0 Å². The van der Waals surface area contributed by atoms with E-state index in [9.17, 15) is 5.11 Å². The number of rotatable bonds is 4. The lowest BCUT2D eigenvalue weighted by atomic mass is 9.88. The Balaban J connectivity index is 3.35. The lowest BCUT2D eigenvalue weighted by molar-refractivity contribution is -0.341. The molecule has 0 saturated carbocycles. The molecule has 0 aromatic rings. The van der Waals surface area contributed by atoms with Gasteiger partial charge < -0.3 is 19.3 Å². The molecule has 0 saturated heterocycles. The molecule has 0 amide bonds. The van der Waals surface area contributed by atoms with Gasteiger partial charge in [-0.15, -0.1) is 0 Å². The van der Waals surface area contributed by atoms with Gasteiger partial charge in [0.15, 0.2) is 0 Å². The van der Waals surface area contributed by atoms with E-state index >= 15 is 0 Å². The summed E-state index contributed by atoms with van der Waals surface area (Å²) in [6.07, 6.45) is 7.34. The number of ether oxygens (including phenoxy) is 3. The zero-order chi connectivity index (χ0) is 13.1. The van der Waals surface area contributed by atoms with Gasteiger partial charge in [-0.1, -0.05) is 18.2 Å². The van der Waals surface area contributed by atoms with Crippen LogP contribution in [0.5, 0.6) is 0 Å². The minimum atomic E-state index is -1.62. The average Bonchev–Trinajstić information content (AvgIpc) is 2.34. The van der Waals surface area contributed by atoms with E-state index in [1.807, 2.05) is 25.2 Å². The van der Waals surface area contributed by atoms with E-state index in [1.54, 1.807) is 13.0 Å². The first kappa shape index (κ1) is 14.1. The first-order valence-corrected chi connectivity index (χ1v) is 5.41. The van der Waals surface area contributed by atoms with Crippen molar-refractivity contribution >= 4 is 0 Å². The Bertz CT molecular complexity index is 364. The highest BCUT2D eigenvalue weighted by Gasteiger charge is 2.54. The summed E-state index contributed by atoms with van der Waals surface area (Å²) in [6.45, 7) is 3.69. The summed E-state index contributed by atoms with van der Waals surface area (Å²) < 4.78 is 15.8. The highest BCUT2D eigenvalue weighted by Crippen LogP contribution is 2.40. The summed E-state index contributed by atoms with van der Waals surface area (Å²) >= 11 is 0. The van der Waals surface area contributed by atoms with Crippen LogP contribution in [0, 0.1) is 0 Å². The number of allylic oxidation sites excluding steroid dienone is 4. The topological polar surface area (TPSA) is 47.9 Å². The Morgan fingerprint density at radius 1 is 1.18 bits per heavy atom. The molecule has 1 rings (SSSR count). The molecule has 4 nitrogen and oxygen atoms in total. The Morgan fingerprint density at radius 3 is 2.18 bits per heavy atom. The molecule has 1 aliphatic carbocycles. The zero-order valence-corrected chi connectivity index (χ0v) is 11.0. The molecule has 1 atom stereocenters. The summed E-state index contributed by atoms with van der Waals surface area (Å²) in [6, 6.07) is 0. The van der Waals surface area contributed by atoms with Crippen molar-refractivity contribution in [1.82, 2.24) is 0 Å². The number of aliphatic hydroxyl groups is 1. The zero-order valence-electron chi connectivity index (χ0n) is 11.0. The second kappa shape index (κ2) is 5.14. The molecule has 0 fully saturated rings. The van der Waals surface area contributed by atoms with Crippen LogP contribution in [0.4, 0.5) is 0 Å². The molecule has 0 spiro atoms. The van der Waals surface area contributed by atoms with Gasteiger partial charge in [-0.05, 0) is 31.1 Å². The third-order valence-electron chi connectivity index (χ3n) is 3.01. The van der Waals surface area contributed by atoms with Crippen molar-refractivity contribution in [2.75, 3.05) is 21.3 Å². The molecular formula is C13H20O4. The van der Waals surface area contributed by atoms with Crippen LogP contribution in [-0.4, -0.2) is 38.0 Å². The van der Waals surface area contributed by atoms with Gasteiger partial charge in [0.05, 0.1) is 0 Å². The maximum atomic E-state index is 10.5. The fourth-order valence-corrected chi connectivity index (χ4v) is 2.05. The van der Waals surface area contributed by atoms with Crippen LogP contribution >= 0.6 is 0 Å². The normalized spacial score (nSPS) is 28.1. The highest BCUT2D eigenvalue weighted by molar-refractivity contribution is 5.43. The van der Waals surface area contributed by atoms with Crippen LogP contribution in [-0.2, 0) is 14.2 Å². The largest absolute Gasteiger partial charge is 0.358 e. The molecule has 4 heteroatoms. The van der Waals surface area contributed by atoms with Gasteiger partial charge in [0, 0.05) is 21.3 Å². The van der Waals surface area contributed by atoms with Crippen molar-refractivity contribution < 1.29 is 19.3 Å². The van der Waals surface area contributed by atoms with Crippen LogP contribution in [0.1, 0.15) is 13.8 Å². The van der Waals surface area contributed by atoms with Gasteiger partial charge in [0.25, 0.3) is 0 Å². The standard InChI is InChI=1S/C13H20O4/c1-6-7-11-8-10(2)13(14,17-5)12(9-11,15-3)16-4/h6-9,14H,1-5H3. The lowest BCUT2D eigenvalue weighted by Gasteiger charge is -2.44. The van der Waals surface area contributed by atoms with Crippen molar-refractivity contribution in [2.45, 2.75) is 25.4 Å². The Labute approximate surface area is 102 Å². The third-order valence-corrected chi connectivity index (χ3v) is 3.01. The molecule has 1 aliphatic rings. The van der Waals surface area contributed by atoms with Crippen LogP contribution in [0.25, 0.3) is 0 Å². The Kier molecular flexibility index (Phi) is 4.27. The second-order valence-corrected chi connectivity index (χ2v) is 3.90. The van der Waals surface area contributed by atoms with Gasteiger partial charge in [0.1, 0.15) is 0 Å². The quantitative estimate of drug-likeness (QED) is 0.761. The second-order valence-electron chi connectivity index (χ2n) is 3.90. The van der Waals surface area contributed by atoms with Crippen molar-refractivity contribution in [3.63, 3.8) is 0 Å². The average molecular weight is 240 g/mol. The third kappa shape index (κ3) is 2.09. The van der Waals surface area contributed by atoms with Crippen LogP contribution in [0.15, 0.2) is 35.5 Å². The molecular weight excluding hydrogens is 220 g/mol. The van der Waals surface area contributed by atoms with Crippen molar-refractivity contribution in [2.24, 2.45) is 0 Å². The van der Waals surface area contributed by atoms with Crippen molar-refractivity contribution in [3.8, 4) is 0 Å². The van der Waals surface area contributed by atoms with E-state index in [1.165, 1.54) is 21.3 Å². The van der Waals surface area contributed by atoms with E-state index in [2.05, 4.69) is 0 Å². The van der Waals surface area contributed by atoms with Crippen molar-refractivity contribution in [3.05, 3.63) is 35.5 Å². The molecule has 17 heavy (non-hydrogen) atoms. The molecule has 0 aliphatic heterocycles. The summed E-state index contributed by atoms with van der Waals surface area (Å²) in [5.41, 5.74) is 1.52. The number of hydrogen-bond acceptors (Lipinski definition) is 4. The maximum Gasteiger partial charge on any atom is 0.248 e. The monoisotopic (exact) mass is 240 g/mol. The molecule has 0 aromatic carbocycles. The van der Waals surface area contributed by atoms with Gasteiger partial charge in [-0.3, -0.25) is 0 Å². The molecule has 1 unspecified atom stereocenters. The van der Waals surface area contributed by atoms with Gasteiger partial charge in [-0.2, -0.15) is 0 Å². The number of hydrogen-bond donors (Lipinski definition) is 1. The highest BCUT2D eigenvalue weighted by atomic mass is 16.7. The first-order valence-electron chi connectivity index (χ1n) is 5.41. The van der Waals surface area contributed by atoms with E-state index in [0.717, 1.165) is 5.57 Å².